The monoisotopic (exact) mass is 345 g/mol. The third-order valence-electron chi connectivity index (χ3n) is 4.53. The number of aromatic nitrogens is 3. The second kappa shape index (κ2) is 5.49. The predicted octanol–water partition coefficient (Wildman–Crippen LogP) is 3.39. The van der Waals surface area contributed by atoms with E-state index in [2.05, 4.69) is 5.10 Å². The molecule has 0 amide bonds. The maximum Gasteiger partial charge on any atom is 0.273 e. The van der Waals surface area contributed by atoms with Crippen molar-refractivity contribution in [2.24, 2.45) is 0 Å². The summed E-state index contributed by atoms with van der Waals surface area (Å²) in [6.45, 7) is 2.15. The van der Waals surface area contributed by atoms with Crippen molar-refractivity contribution in [3.8, 4) is 33.9 Å². The molecule has 0 atom stereocenters. The molecule has 6 nitrogen and oxygen atoms in total. The van der Waals surface area contributed by atoms with Crippen LogP contribution >= 0.6 is 0 Å². The summed E-state index contributed by atoms with van der Waals surface area (Å²) < 4.78 is 12.3. The van der Waals surface area contributed by atoms with E-state index in [-0.39, 0.29) is 12.4 Å². The van der Waals surface area contributed by atoms with Crippen LogP contribution in [0.15, 0.2) is 59.4 Å². The SMILES string of the molecule is Cc1[nH]n2c(=O)cc(-c3ccc4c(c3)OCO4)nc2c1-c1ccccc1. The number of aromatic amines is 1. The lowest BCUT2D eigenvalue weighted by molar-refractivity contribution is 0.174. The molecule has 2 aromatic carbocycles. The second-order valence-electron chi connectivity index (χ2n) is 6.18. The lowest BCUT2D eigenvalue weighted by Gasteiger charge is -2.05. The molecule has 0 saturated heterocycles. The van der Waals surface area contributed by atoms with Gasteiger partial charge in [-0.25, -0.2) is 9.50 Å². The van der Waals surface area contributed by atoms with Crippen LogP contribution in [0, 0.1) is 6.92 Å². The van der Waals surface area contributed by atoms with Gasteiger partial charge in [-0.3, -0.25) is 9.89 Å². The summed E-state index contributed by atoms with van der Waals surface area (Å²) in [6, 6.07) is 17.0. The van der Waals surface area contributed by atoms with Gasteiger partial charge in [-0.1, -0.05) is 30.3 Å². The number of fused-ring (bicyclic) bond motifs is 2. The van der Waals surface area contributed by atoms with Crippen molar-refractivity contribution in [2.75, 3.05) is 6.79 Å². The molecule has 0 spiro atoms. The lowest BCUT2D eigenvalue weighted by atomic mass is 10.1. The van der Waals surface area contributed by atoms with Gasteiger partial charge >= 0.3 is 0 Å². The fourth-order valence-electron chi connectivity index (χ4n) is 3.30. The number of ether oxygens (including phenoxy) is 2. The molecule has 0 saturated carbocycles. The van der Waals surface area contributed by atoms with E-state index in [1.807, 2.05) is 55.5 Å². The second-order valence-corrected chi connectivity index (χ2v) is 6.18. The molecule has 6 heteroatoms. The Morgan fingerprint density at radius 1 is 1.00 bits per heavy atom. The van der Waals surface area contributed by atoms with Crippen LogP contribution in [0.5, 0.6) is 11.5 Å². The maximum absolute atomic E-state index is 12.6. The Morgan fingerprint density at radius 2 is 1.81 bits per heavy atom. The summed E-state index contributed by atoms with van der Waals surface area (Å²) in [5, 5.41) is 3.11. The van der Waals surface area contributed by atoms with Crippen molar-refractivity contribution in [1.29, 1.82) is 0 Å². The van der Waals surface area contributed by atoms with Crippen molar-refractivity contribution < 1.29 is 9.47 Å². The number of benzene rings is 2. The predicted molar refractivity (Wildman–Crippen MR) is 97.5 cm³/mol. The van der Waals surface area contributed by atoms with Crippen molar-refractivity contribution in [3.63, 3.8) is 0 Å². The van der Waals surface area contributed by atoms with Crippen LogP contribution in [0.1, 0.15) is 5.69 Å². The van der Waals surface area contributed by atoms with Crippen molar-refractivity contribution >= 4 is 5.65 Å². The molecule has 0 bridgehead atoms. The van der Waals surface area contributed by atoms with Gasteiger partial charge in [-0.15, -0.1) is 0 Å². The summed E-state index contributed by atoms with van der Waals surface area (Å²) in [7, 11) is 0. The van der Waals surface area contributed by atoms with Gasteiger partial charge in [-0.2, -0.15) is 0 Å². The van der Waals surface area contributed by atoms with E-state index < -0.39 is 0 Å². The minimum absolute atomic E-state index is 0.159. The molecule has 5 rings (SSSR count). The Labute approximate surface area is 148 Å². The summed E-state index contributed by atoms with van der Waals surface area (Å²) in [5.74, 6) is 1.37. The topological polar surface area (TPSA) is 68.6 Å². The Hall–Kier alpha value is -3.54. The summed E-state index contributed by atoms with van der Waals surface area (Å²) in [5.41, 5.74) is 4.69. The standard InChI is InChI=1S/C20H15N3O3/c1-12-19(13-5-3-2-4-6-13)20-21-15(10-18(24)23(20)22-12)14-7-8-16-17(9-14)26-11-25-16/h2-10,22H,11H2,1H3. The fraction of sp³-hybridized carbons (Fsp3) is 0.100. The highest BCUT2D eigenvalue weighted by atomic mass is 16.7. The molecule has 3 heterocycles. The first-order valence-corrected chi connectivity index (χ1v) is 8.28. The molecular formula is C20H15N3O3. The average molecular weight is 345 g/mol. The minimum Gasteiger partial charge on any atom is -0.454 e. The van der Waals surface area contributed by atoms with Gasteiger partial charge < -0.3 is 9.47 Å². The highest BCUT2D eigenvalue weighted by molar-refractivity contribution is 5.81. The minimum atomic E-state index is -0.159. The largest absolute Gasteiger partial charge is 0.454 e. The van der Waals surface area contributed by atoms with E-state index in [1.165, 1.54) is 10.6 Å². The van der Waals surface area contributed by atoms with Crippen LogP contribution in [0.4, 0.5) is 0 Å². The maximum atomic E-state index is 12.6. The molecule has 1 aliphatic rings. The van der Waals surface area contributed by atoms with Gasteiger partial charge in [0.15, 0.2) is 17.1 Å². The summed E-state index contributed by atoms with van der Waals surface area (Å²) in [6.07, 6.45) is 0. The number of H-pyrrole nitrogens is 1. The van der Waals surface area contributed by atoms with E-state index in [4.69, 9.17) is 14.5 Å². The average Bonchev–Trinajstić information content (AvgIpc) is 3.25. The third kappa shape index (κ3) is 2.19. The molecular weight excluding hydrogens is 330 g/mol. The molecule has 1 aliphatic heterocycles. The zero-order valence-electron chi connectivity index (χ0n) is 14.0. The van der Waals surface area contributed by atoms with Gasteiger partial charge in [0.1, 0.15) is 0 Å². The Bertz CT molecular complexity index is 1190. The molecule has 2 aromatic heterocycles. The highest BCUT2D eigenvalue weighted by Crippen LogP contribution is 2.35. The number of aryl methyl sites for hydroxylation is 1. The van der Waals surface area contributed by atoms with Crippen LogP contribution in [-0.2, 0) is 0 Å². The molecule has 1 N–H and O–H groups in total. The molecule has 0 fully saturated rings. The quantitative estimate of drug-likeness (QED) is 0.605. The molecule has 0 aliphatic carbocycles. The molecule has 128 valence electrons. The van der Waals surface area contributed by atoms with E-state index in [0.29, 0.717) is 22.8 Å². The Balaban J connectivity index is 1.75. The van der Waals surface area contributed by atoms with Crippen molar-refractivity contribution in [1.82, 2.24) is 14.6 Å². The molecule has 4 aromatic rings. The third-order valence-corrected chi connectivity index (χ3v) is 4.53. The number of hydrogen-bond acceptors (Lipinski definition) is 4. The highest BCUT2D eigenvalue weighted by Gasteiger charge is 2.17. The summed E-state index contributed by atoms with van der Waals surface area (Å²) >= 11 is 0. The Kier molecular flexibility index (Phi) is 3.12. The van der Waals surface area contributed by atoms with Gasteiger partial charge in [0.25, 0.3) is 5.56 Å². The Morgan fingerprint density at radius 3 is 2.65 bits per heavy atom. The zero-order chi connectivity index (χ0) is 17.7. The number of nitrogens with zero attached hydrogens (tertiary/aromatic N) is 2. The van der Waals surface area contributed by atoms with Gasteiger partial charge in [0.05, 0.1) is 5.69 Å². The molecule has 0 radical (unpaired) electrons. The van der Waals surface area contributed by atoms with Crippen molar-refractivity contribution in [3.05, 3.63) is 70.6 Å². The van der Waals surface area contributed by atoms with E-state index in [1.54, 1.807) is 0 Å². The van der Waals surface area contributed by atoms with E-state index >= 15 is 0 Å². The molecule has 0 unspecified atom stereocenters. The first-order valence-electron chi connectivity index (χ1n) is 8.28. The number of rotatable bonds is 2. The van der Waals surface area contributed by atoms with Gasteiger partial charge in [-0.05, 0) is 30.7 Å². The van der Waals surface area contributed by atoms with Crippen molar-refractivity contribution in [2.45, 2.75) is 6.92 Å². The fourth-order valence-corrected chi connectivity index (χ4v) is 3.30. The smallest absolute Gasteiger partial charge is 0.273 e. The van der Waals surface area contributed by atoms with Crippen LogP contribution in [-0.4, -0.2) is 21.4 Å². The normalized spacial score (nSPS) is 12.7. The van der Waals surface area contributed by atoms with Gasteiger partial charge in [0, 0.05) is 22.9 Å². The zero-order valence-corrected chi connectivity index (χ0v) is 14.0. The van der Waals surface area contributed by atoms with E-state index in [9.17, 15) is 4.79 Å². The van der Waals surface area contributed by atoms with E-state index in [0.717, 1.165) is 22.4 Å². The number of hydrogen-bond donors (Lipinski definition) is 1. The first-order chi connectivity index (χ1) is 12.7. The lowest BCUT2D eigenvalue weighted by Crippen LogP contribution is -2.14. The van der Waals surface area contributed by atoms with Gasteiger partial charge in [0.2, 0.25) is 6.79 Å². The summed E-state index contributed by atoms with van der Waals surface area (Å²) in [4.78, 5) is 17.4. The molecule has 26 heavy (non-hydrogen) atoms. The number of nitrogens with one attached hydrogen (secondary N) is 1. The van der Waals surface area contributed by atoms with Crippen LogP contribution in [0.25, 0.3) is 28.0 Å². The van der Waals surface area contributed by atoms with Crippen LogP contribution < -0.4 is 15.0 Å². The first kappa shape index (κ1) is 14.8. The van der Waals surface area contributed by atoms with Crippen LogP contribution in [0.3, 0.4) is 0 Å². The van der Waals surface area contributed by atoms with Crippen LogP contribution in [0.2, 0.25) is 0 Å².